The van der Waals surface area contributed by atoms with E-state index >= 15 is 0 Å². The Morgan fingerprint density at radius 2 is 1.89 bits per heavy atom. The van der Waals surface area contributed by atoms with E-state index in [1.165, 1.54) is 10.4 Å². The van der Waals surface area contributed by atoms with Crippen molar-refractivity contribution in [1.82, 2.24) is 15.1 Å². The predicted octanol–water partition coefficient (Wildman–Crippen LogP) is 4.11. The summed E-state index contributed by atoms with van der Waals surface area (Å²) in [5.74, 6) is 0. The molecule has 146 valence electrons. The van der Waals surface area contributed by atoms with Crippen LogP contribution in [0.3, 0.4) is 0 Å². The summed E-state index contributed by atoms with van der Waals surface area (Å²) in [4.78, 5) is 6.52. The van der Waals surface area contributed by atoms with E-state index in [0.717, 1.165) is 38.4 Å². The molecular weight excluding hydrogens is 372 g/mol. The molecule has 2 aromatic rings. The van der Waals surface area contributed by atoms with Gasteiger partial charge in [0.2, 0.25) is 0 Å². The number of thiophene rings is 1. The molecular formula is C21H30N4S2. The number of aryl methyl sites for hydroxylation is 1. The van der Waals surface area contributed by atoms with E-state index in [2.05, 4.69) is 70.9 Å². The summed E-state index contributed by atoms with van der Waals surface area (Å²) >= 11 is 7.45. The smallest absolute Gasteiger partial charge is 0.171 e. The number of rotatable bonds is 6. The van der Waals surface area contributed by atoms with Crippen molar-refractivity contribution in [3.63, 3.8) is 0 Å². The van der Waals surface area contributed by atoms with Crippen molar-refractivity contribution >= 4 is 34.4 Å². The molecule has 0 saturated carbocycles. The lowest BCUT2D eigenvalue weighted by Gasteiger charge is -2.41. The average Bonchev–Trinajstić information content (AvgIpc) is 3.18. The minimum atomic E-state index is 0.223. The lowest BCUT2D eigenvalue weighted by Crippen LogP contribution is -2.52. The van der Waals surface area contributed by atoms with E-state index in [1.807, 2.05) is 23.5 Å². The number of likely N-dealkylation sites (N-methyl/N-ethyl adjacent to an activating group) is 1. The maximum absolute atomic E-state index is 5.61. The summed E-state index contributed by atoms with van der Waals surface area (Å²) in [5, 5.41) is 9.75. The Morgan fingerprint density at radius 3 is 2.52 bits per heavy atom. The van der Waals surface area contributed by atoms with Crippen molar-refractivity contribution in [2.45, 2.75) is 32.9 Å². The second kappa shape index (κ2) is 9.64. The maximum Gasteiger partial charge on any atom is 0.171 e. The third-order valence-corrected chi connectivity index (χ3v) is 6.47. The van der Waals surface area contributed by atoms with Gasteiger partial charge >= 0.3 is 0 Å². The van der Waals surface area contributed by atoms with Crippen molar-refractivity contribution in [1.29, 1.82) is 0 Å². The molecule has 3 rings (SSSR count). The zero-order valence-electron chi connectivity index (χ0n) is 16.4. The van der Waals surface area contributed by atoms with Crippen LogP contribution in [0.4, 0.5) is 5.69 Å². The highest BCUT2D eigenvalue weighted by Gasteiger charge is 2.30. The predicted molar refractivity (Wildman–Crippen MR) is 121 cm³/mol. The molecule has 1 aliphatic heterocycles. The summed E-state index contributed by atoms with van der Waals surface area (Å²) in [6.45, 7) is 12.2. The first-order chi connectivity index (χ1) is 13.1. The number of hydrogen-bond acceptors (Lipinski definition) is 4. The van der Waals surface area contributed by atoms with E-state index in [0.29, 0.717) is 11.2 Å². The van der Waals surface area contributed by atoms with Crippen LogP contribution in [0.2, 0.25) is 0 Å². The van der Waals surface area contributed by atoms with Crippen molar-refractivity contribution in [2.75, 3.05) is 38.0 Å². The molecule has 1 aromatic heterocycles. The SMILES string of the molecule is CCN1CCN([C@H](c2cccs2)[C@H](C)NC(=S)Nc2ccccc2C)CC1. The molecule has 0 unspecified atom stereocenters. The average molecular weight is 403 g/mol. The van der Waals surface area contributed by atoms with E-state index in [1.54, 1.807) is 0 Å². The first-order valence-electron chi connectivity index (χ1n) is 9.71. The van der Waals surface area contributed by atoms with E-state index in [-0.39, 0.29) is 6.04 Å². The first-order valence-corrected chi connectivity index (χ1v) is 11.0. The molecule has 0 bridgehead atoms. The van der Waals surface area contributed by atoms with Crippen LogP contribution in [-0.4, -0.2) is 53.7 Å². The summed E-state index contributed by atoms with van der Waals surface area (Å²) in [7, 11) is 0. The molecule has 0 aliphatic carbocycles. The van der Waals surface area contributed by atoms with Crippen LogP contribution in [0.25, 0.3) is 0 Å². The minimum absolute atomic E-state index is 0.223. The third kappa shape index (κ3) is 5.29. The molecule has 2 heterocycles. The Hall–Kier alpha value is -1.47. The van der Waals surface area contributed by atoms with Crippen molar-refractivity contribution in [2.24, 2.45) is 0 Å². The number of para-hydroxylation sites is 1. The lowest BCUT2D eigenvalue weighted by molar-refractivity contribution is 0.0883. The highest BCUT2D eigenvalue weighted by atomic mass is 32.1. The molecule has 0 spiro atoms. The first kappa shape index (κ1) is 20.3. The van der Waals surface area contributed by atoms with Gasteiger partial charge in [-0.1, -0.05) is 31.2 Å². The van der Waals surface area contributed by atoms with Gasteiger partial charge in [-0.15, -0.1) is 11.3 Å². The maximum atomic E-state index is 5.61. The standard InChI is InChI=1S/C21H30N4S2/c1-4-24-11-13-25(14-12-24)20(19-10-7-15-27-19)17(3)22-21(26)23-18-9-6-5-8-16(18)2/h5-10,15,17,20H,4,11-14H2,1-3H3,(H2,22,23,26)/t17-,20-/m0/s1. The lowest BCUT2D eigenvalue weighted by atomic mass is 10.0. The molecule has 1 aliphatic rings. The molecule has 27 heavy (non-hydrogen) atoms. The van der Waals surface area contributed by atoms with Gasteiger partial charge in [0.15, 0.2) is 5.11 Å². The van der Waals surface area contributed by atoms with Gasteiger partial charge < -0.3 is 15.5 Å². The number of thiocarbonyl (C=S) groups is 1. The molecule has 2 atom stereocenters. The zero-order chi connectivity index (χ0) is 19.2. The van der Waals surface area contributed by atoms with Crippen LogP contribution >= 0.6 is 23.6 Å². The molecule has 4 nitrogen and oxygen atoms in total. The Kier molecular flexibility index (Phi) is 7.24. The summed E-state index contributed by atoms with van der Waals surface area (Å²) in [6.07, 6.45) is 0. The van der Waals surface area contributed by atoms with Crippen LogP contribution in [0, 0.1) is 6.92 Å². The topological polar surface area (TPSA) is 30.5 Å². The molecule has 6 heteroatoms. The molecule has 1 fully saturated rings. The molecule has 1 aromatic carbocycles. The Balaban J connectivity index is 1.67. The quantitative estimate of drug-likeness (QED) is 0.710. The second-order valence-electron chi connectivity index (χ2n) is 7.13. The minimum Gasteiger partial charge on any atom is -0.358 e. The van der Waals surface area contributed by atoms with Gasteiger partial charge in [-0.3, -0.25) is 4.90 Å². The second-order valence-corrected chi connectivity index (χ2v) is 8.52. The summed E-state index contributed by atoms with van der Waals surface area (Å²) < 4.78 is 0. The Labute approximate surface area is 172 Å². The van der Waals surface area contributed by atoms with Crippen molar-refractivity contribution in [3.8, 4) is 0 Å². The molecule has 2 N–H and O–H groups in total. The van der Waals surface area contributed by atoms with Crippen LogP contribution in [0.5, 0.6) is 0 Å². The number of nitrogens with zero attached hydrogens (tertiary/aromatic N) is 2. The summed E-state index contributed by atoms with van der Waals surface area (Å²) in [6, 6.07) is 13.2. The number of anilines is 1. The fourth-order valence-corrected chi connectivity index (χ4v) is 4.98. The van der Waals surface area contributed by atoms with E-state index in [9.17, 15) is 0 Å². The van der Waals surface area contributed by atoms with Gasteiger partial charge in [-0.2, -0.15) is 0 Å². The van der Waals surface area contributed by atoms with Gasteiger partial charge in [0.1, 0.15) is 0 Å². The zero-order valence-corrected chi connectivity index (χ0v) is 18.1. The highest BCUT2D eigenvalue weighted by Crippen LogP contribution is 2.29. The van der Waals surface area contributed by atoms with Crippen molar-refractivity contribution < 1.29 is 0 Å². The Bertz CT molecular complexity index is 724. The van der Waals surface area contributed by atoms with Gasteiger partial charge in [0.05, 0.1) is 6.04 Å². The highest BCUT2D eigenvalue weighted by molar-refractivity contribution is 7.80. The van der Waals surface area contributed by atoms with E-state index in [4.69, 9.17) is 12.2 Å². The van der Waals surface area contributed by atoms with Gasteiger partial charge in [-0.05, 0) is 55.7 Å². The largest absolute Gasteiger partial charge is 0.358 e. The fourth-order valence-electron chi connectivity index (χ4n) is 3.72. The van der Waals surface area contributed by atoms with Crippen LogP contribution < -0.4 is 10.6 Å². The van der Waals surface area contributed by atoms with E-state index < -0.39 is 0 Å². The summed E-state index contributed by atoms with van der Waals surface area (Å²) in [5.41, 5.74) is 2.26. The van der Waals surface area contributed by atoms with Crippen LogP contribution in [0.15, 0.2) is 41.8 Å². The number of hydrogen-bond donors (Lipinski definition) is 2. The molecule has 0 radical (unpaired) electrons. The molecule has 0 amide bonds. The number of nitrogens with one attached hydrogen (secondary N) is 2. The fraction of sp³-hybridized carbons (Fsp3) is 0.476. The van der Waals surface area contributed by atoms with Crippen molar-refractivity contribution in [3.05, 3.63) is 52.2 Å². The number of benzene rings is 1. The van der Waals surface area contributed by atoms with Crippen LogP contribution in [0.1, 0.15) is 30.3 Å². The normalized spacial score (nSPS) is 18.0. The van der Waals surface area contributed by atoms with Gasteiger partial charge in [0, 0.05) is 42.8 Å². The van der Waals surface area contributed by atoms with Gasteiger partial charge in [-0.25, -0.2) is 0 Å². The van der Waals surface area contributed by atoms with Gasteiger partial charge in [0.25, 0.3) is 0 Å². The molecule has 1 saturated heterocycles. The number of piperazine rings is 1. The Morgan fingerprint density at radius 1 is 1.15 bits per heavy atom. The van der Waals surface area contributed by atoms with Crippen LogP contribution in [-0.2, 0) is 0 Å². The monoisotopic (exact) mass is 402 g/mol. The third-order valence-electron chi connectivity index (χ3n) is 5.31.